The van der Waals surface area contributed by atoms with E-state index in [4.69, 9.17) is 9.15 Å². The van der Waals surface area contributed by atoms with Crippen LogP contribution in [0.5, 0.6) is 5.75 Å². The number of carboxylic acid groups (broad SMARTS) is 1. The first-order valence-electron chi connectivity index (χ1n) is 16.7. The molecule has 2 aromatic heterocycles. The Morgan fingerprint density at radius 3 is 2.46 bits per heavy atom. The van der Waals surface area contributed by atoms with Crippen LogP contribution in [0.2, 0.25) is 0 Å². The van der Waals surface area contributed by atoms with Crippen molar-refractivity contribution >= 4 is 17.1 Å². The molecule has 0 radical (unpaired) electrons. The maximum absolute atomic E-state index is 15.2. The van der Waals surface area contributed by atoms with Gasteiger partial charge in [-0.25, -0.2) is 13.8 Å². The molecule has 2 aliphatic heterocycles. The lowest BCUT2D eigenvalue weighted by molar-refractivity contribution is -0.142. The average Bonchev–Trinajstić information content (AvgIpc) is 3.87. The van der Waals surface area contributed by atoms with Crippen LogP contribution in [0.1, 0.15) is 48.1 Å². The van der Waals surface area contributed by atoms with Gasteiger partial charge in [-0.05, 0) is 98.3 Å². The Hall–Kier alpha value is -4.81. The molecule has 1 atom stereocenters. The van der Waals surface area contributed by atoms with Crippen LogP contribution in [-0.2, 0) is 24.6 Å². The number of nitrogens with zero attached hydrogens (tertiary/aromatic N) is 4. The minimum atomic E-state index is -3.10. The molecule has 2 saturated heterocycles. The van der Waals surface area contributed by atoms with E-state index >= 15 is 4.39 Å². The number of fused-ring (bicyclic) bond motifs is 1. The van der Waals surface area contributed by atoms with Gasteiger partial charge in [-0.15, -0.1) is 0 Å². The van der Waals surface area contributed by atoms with Crippen molar-refractivity contribution in [3.63, 3.8) is 0 Å². The largest absolute Gasteiger partial charge is 0.480 e. The number of pyridine rings is 1. The Bertz CT molecular complexity index is 2050. The highest BCUT2D eigenvalue weighted by Crippen LogP contribution is 2.39. The zero-order valence-corrected chi connectivity index (χ0v) is 27.5. The first kappa shape index (κ1) is 33.7. The third-order valence-corrected chi connectivity index (χ3v) is 9.77. The number of halogens is 4. The summed E-state index contributed by atoms with van der Waals surface area (Å²) in [7, 11) is 0. The SMILES string of the molecule is Cc1c(-c2nc3cc(CN4CCC[C@H]4C(=O)O)c(OC(F)F)cc3o2)cccc1-c1cccc(-c2cnc(CN3CCCC3)c(F)c2)c1CF. The molecule has 3 aromatic carbocycles. The van der Waals surface area contributed by atoms with E-state index in [1.54, 1.807) is 41.4 Å². The smallest absolute Gasteiger partial charge is 0.387 e. The van der Waals surface area contributed by atoms with Gasteiger partial charge in [0.25, 0.3) is 0 Å². The van der Waals surface area contributed by atoms with Crippen LogP contribution < -0.4 is 4.74 Å². The molecule has 12 heteroatoms. The van der Waals surface area contributed by atoms with Crippen LogP contribution in [0.3, 0.4) is 0 Å². The zero-order valence-electron chi connectivity index (χ0n) is 27.5. The maximum atomic E-state index is 15.2. The number of likely N-dealkylation sites (tertiary alicyclic amines) is 2. The highest BCUT2D eigenvalue weighted by molar-refractivity contribution is 5.85. The van der Waals surface area contributed by atoms with Gasteiger partial charge in [0.15, 0.2) is 5.58 Å². The Kier molecular flexibility index (Phi) is 9.56. The fourth-order valence-electron chi connectivity index (χ4n) is 7.25. The highest BCUT2D eigenvalue weighted by Gasteiger charge is 2.31. The first-order chi connectivity index (χ1) is 24.2. The lowest BCUT2D eigenvalue weighted by Crippen LogP contribution is -2.35. The molecule has 0 saturated carbocycles. The van der Waals surface area contributed by atoms with Gasteiger partial charge in [-0.3, -0.25) is 19.6 Å². The van der Waals surface area contributed by atoms with Crippen molar-refractivity contribution in [1.82, 2.24) is 19.8 Å². The Balaban J connectivity index is 1.23. The first-order valence-corrected chi connectivity index (χ1v) is 16.7. The second kappa shape index (κ2) is 14.2. The molecular formula is C38H36F4N4O4. The summed E-state index contributed by atoms with van der Waals surface area (Å²) in [6.07, 6.45) is 4.93. The number of rotatable bonds is 11. The number of oxazole rings is 1. The van der Waals surface area contributed by atoms with Crippen LogP contribution in [0.25, 0.3) is 44.8 Å². The quantitative estimate of drug-likeness (QED) is 0.138. The number of hydrogen-bond acceptors (Lipinski definition) is 7. The third kappa shape index (κ3) is 6.69. The third-order valence-electron chi connectivity index (χ3n) is 9.77. The standard InChI is InChI=1S/C38H36F4N4O4/c1-22-25(28-10-5-9-27(29(28)18-39)23-15-30(40)32(43-19-23)21-45-12-2-3-13-45)7-4-8-26(22)36-44-31-16-24(20-46-14-6-11-33(46)37(47)48)34(50-38(41)42)17-35(31)49-36/h4-5,7-10,15-17,19,33,38H,2-3,6,11-14,18,20-21H2,1H3,(H,47,48)/t33-/m0/s1. The predicted molar refractivity (Wildman–Crippen MR) is 180 cm³/mol. The Labute approximate surface area is 286 Å². The summed E-state index contributed by atoms with van der Waals surface area (Å²) in [5.41, 5.74) is 5.44. The molecule has 7 rings (SSSR count). The molecule has 5 aromatic rings. The van der Waals surface area contributed by atoms with Gasteiger partial charge in [0.05, 0.1) is 5.69 Å². The number of aliphatic carboxylic acids is 1. The molecule has 4 heterocycles. The van der Waals surface area contributed by atoms with Gasteiger partial charge in [-0.2, -0.15) is 8.78 Å². The molecule has 1 N–H and O–H groups in total. The lowest BCUT2D eigenvalue weighted by atomic mass is 9.89. The summed E-state index contributed by atoms with van der Waals surface area (Å²) in [6.45, 7) is 0.843. The van der Waals surface area contributed by atoms with Crippen molar-refractivity contribution in [3.8, 4) is 39.5 Å². The molecule has 2 fully saturated rings. The second-order valence-corrected chi connectivity index (χ2v) is 12.9. The maximum Gasteiger partial charge on any atom is 0.387 e. The summed E-state index contributed by atoms with van der Waals surface area (Å²) in [4.78, 5) is 24.7. The monoisotopic (exact) mass is 688 g/mol. The van der Waals surface area contributed by atoms with Crippen LogP contribution in [0.4, 0.5) is 17.6 Å². The molecule has 0 bridgehead atoms. The van der Waals surface area contributed by atoms with Gasteiger partial charge in [0.2, 0.25) is 5.89 Å². The molecule has 260 valence electrons. The van der Waals surface area contributed by atoms with Gasteiger partial charge in [0.1, 0.15) is 29.8 Å². The minimum absolute atomic E-state index is 0.0919. The zero-order chi connectivity index (χ0) is 34.9. The molecular weight excluding hydrogens is 652 g/mol. The lowest BCUT2D eigenvalue weighted by Gasteiger charge is -2.22. The van der Waals surface area contributed by atoms with Crippen molar-refractivity contribution in [2.75, 3.05) is 19.6 Å². The van der Waals surface area contributed by atoms with E-state index in [0.29, 0.717) is 70.5 Å². The number of aromatic nitrogens is 2. The van der Waals surface area contributed by atoms with E-state index in [-0.39, 0.29) is 23.8 Å². The molecule has 50 heavy (non-hydrogen) atoms. The van der Waals surface area contributed by atoms with E-state index < -0.39 is 31.1 Å². The number of benzene rings is 3. The van der Waals surface area contributed by atoms with E-state index in [1.165, 1.54) is 12.1 Å². The van der Waals surface area contributed by atoms with Crippen LogP contribution >= 0.6 is 0 Å². The average molecular weight is 689 g/mol. The summed E-state index contributed by atoms with van der Waals surface area (Å²) >= 11 is 0. The minimum Gasteiger partial charge on any atom is -0.480 e. The van der Waals surface area contributed by atoms with Gasteiger partial charge in [-0.1, -0.05) is 30.3 Å². The van der Waals surface area contributed by atoms with Gasteiger partial charge >= 0.3 is 12.6 Å². The normalized spacial score (nSPS) is 17.0. The van der Waals surface area contributed by atoms with E-state index in [9.17, 15) is 23.1 Å². The topological polar surface area (TPSA) is 91.9 Å². The Morgan fingerprint density at radius 2 is 1.74 bits per heavy atom. The number of carboxylic acids is 1. The second-order valence-electron chi connectivity index (χ2n) is 12.9. The van der Waals surface area contributed by atoms with Crippen LogP contribution in [-0.4, -0.2) is 63.1 Å². The predicted octanol–water partition coefficient (Wildman–Crippen LogP) is 8.39. The van der Waals surface area contributed by atoms with Gasteiger partial charge in [0, 0.05) is 42.0 Å². The molecule has 0 aliphatic carbocycles. The van der Waals surface area contributed by atoms with Crippen LogP contribution in [0, 0.1) is 12.7 Å². The Morgan fingerprint density at radius 1 is 1.00 bits per heavy atom. The fourth-order valence-corrected chi connectivity index (χ4v) is 7.25. The fraction of sp³-hybridized carbons (Fsp3) is 0.342. The number of ether oxygens (including phenoxy) is 1. The van der Waals surface area contributed by atoms with Crippen molar-refractivity contribution in [3.05, 3.63) is 89.0 Å². The molecule has 0 spiro atoms. The van der Waals surface area contributed by atoms with Crippen molar-refractivity contribution < 1.29 is 36.6 Å². The van der Waals surface area contributed by atoms with Crippen molar-refractivity contribution in [2.45, 2.75) is 65.0 Å². The van der Waals surface area contributed by atoms with E-state index in [1.807, 2.05) is 19.1 Å². The van der Waals surface area contributed by atoms with E-state index in [0.717, 1.165) is 37.1 Å². The van der Waals surface area contributed by atoms with Crippen molar-refractivity contribution in [2.24, 2.45) is 0 Å². The number of hydrogen-bond donors (Lipinski definition) is 1. The molecule has 8 nitrogen and oxygen atoms in total. The number of alkyl halides is 3. The van der Waals surface area contributed by atoms with Crippen molar-refractivity contribution in [1.29, 1.82) is 0 Å². The summed E-state index contributed by atoms with van der Waals surface area (Å²) in [5, 5.41) is 9.62. The molecule has 2 aliphatic rings. The van der Waals surface area contributed by atoms with E-state index in [2.05, 4.69) is 14.9 Å². The summed E-state index contributed by atoms with van der Waals surface area (Å²) in [6, 6.07) is 14.5. The van der Waals surface area contributed by atoms with Gasteiger partial charge < -0.3 is 14.3 Å². The van der Waals surface area contributed by atoms with Crippen LogP contribution in [0.15, 0.2) is 65.2 Å². The molecule has 0 amide bonds. The molecule has 0 unspecified atom stereocenters. The summed E-state index contributed by atoms with van der Waals surface area (Å²) < 4.78 is 67.9. The highest BCUT2D eigenvalue weighted by atomic mass is 19.3. The number of carbonyl (C=O) groups is 1. The summed E-state index contributed by atoms with van der Waals surface area (Å²) in [5.74, 6) is -1.28.